The summed E-state index contributed by atoms with van der Waals surface area (Å²) in [5, 5.41) is 13.2. The minimum absolute atomic E-state index is 0.565. The molecular formula is C18H20N8. The van der Waals surface area contributed by atoms with Crippen LogP contribution in [0, 0.1) is 19.8 Å². The summed E-state index contributed by atoms with van der Waals surface area (Å²) >= 11 is 0. The lowest BCUT2D eigenvalue weighted by atomic mass is 9.85. The lowest BCUT2D eigenvalue weighted by molar-refractivity contribution is 0.269. The fourth-order valence-electron chi connectivity index (χ4n) is 3.42. The van der Waals surface area contributed by atoms with Crippen molar-refractivity contribution < 1.29 is 0 Å². The van der Waals surface area contributed by atoms with Gasteiger partial charge >= 0.3 is 0 Å². The highest BCUT2D eigenvalue weighted by Gasteiger charge is 2.20. The summed E-state index contributed by atoms with van der Waals surface area (Å²) in [6.45, 7) is 4.98. The molecule has 0 unspecified atom stereocenters. The zero-order valence-electron chi connectivity index (χ0n) is 14.8. The van der Waals surface area contributed by atoms with Crippen molar-refractivity contribution in [1.82, 2.24) is 34.3 Å². The molecule has 132 valence electrons. The topological polar surface area (TPSA) is 85.8 Å². The second-order valence-electron chi connectivity index (χ2n) is 7.05. The fraction of sp³-hybridized carbons (Fsp3) is 0.389. The predicted octanol–water partition coefficient (Wildman–Crippen LogP) is 3.03. The Morgan fingerprint density at radius 1 is 1.23 bits per heavy atom. The summed E-state index contributed by atoms with van der Waals surface area (Å²) in [7, 11) is 0. The number of hydrogen-bond donors (Lipinski definition) is 1. The Labute approximate surface area is 150 Å². The van der Waals surface area contributed by atoms with E-state index in [9.17, 15) is 0 Å². The second kappa shape index (κ2) is 5.76. The van der Waals surface area contributed by atoms with Gasteiger partial charge in [-0.25, -0.2) is 19.2 Å². The third kappa shape index (κ3) is 2.49. The third-order valence-electron chi connectivity index (χ3n) is 5.20. The van der Waals surface area contributed by atoms with Gasteiger partial charge in [0.25, 0.3) is 0 Å². The van der Waals surface area contributed by atoms with Crippen LogP contribution in [0.3, 0.4) is 0 Å². The van der Waals surface area contributed by atoms with E-state index < -0.39 is 0 Å². The molecule has 1 aliphatic rings. The molecule has 8 heteroatoms. The van der Waals surface area contributed by atoms with Gasteiger partial charge in [-0.15, -0.1) is 0 Å². The molecule has 4 aromatic heterocycles. The zero-order valence-corrected chi connectivity index (χ0v) is 14.8. The summed E-state index contributed by atoms with van der Waals surface area (Å²) in [5.41, 5.74) is 4.66. The maximum absolute atomic E-state index is 4.74. The van der Waals surface area contributed by atoms with E-state index in [1.807, 2.05) is 37.0 Å². The minimum Gasteiger partial charge on any atom is -0.323 e. The first-order valence-electron chi connectivity index (χ1n) is 8.94. The third-order valence-corrected chi connectivity index (χ3v) is 5.20. The first kappa shape index (κ1) is 15.2. The molecule has 0 aromatic carbocycles. The smallest absolute Gasteiger partial charge is 0.229 e. The molecule has 0 aliphatic heterocycles. The van der Waals surface area contributed by atoms with Gasteiger partial charge in [-0.2, -0.15) is 15.2 Å². The van der Waals surface area contributed by atoms with Crippen LogP contribution in [0.5, 0.6) is 0 Å². The van der Waals surface area contributed by atoms with Crippen LogP contribution in [-0.2, 0) is 6.54 Å². The monoisotopic (exact) mass is 348 g/mol. The number of nitrogens with zero attached hydrogens (tertiary/aromatic N) is 7. The van der Waals surface area contributed by atoms with Gasteiger partial charge in [-0.05, 0) is 44.2 Å². The van der Waals surface area contributed by atoms with E-state index in [1.165, 1.54) is 19.3 Å². The molecule has 1 fully saturated rings. The van der Waals surface area contributed by atoms with E-state index in [0.717, 1.165) is 46.1 Å². The standard InChI is InChI=1S/C18H20N8/c1-11-6-16-20-10-21-25(16)9-15(11)22-18-19-7-14-12(2)24-26(17(14)23-18)8-13-4-3-5-13/h6-7,9-10,13H,3-5,8H2,1-2H3,(H,19,22,23). The van der Waals surface area contributed by atoms with Crippen LogP contribution in [0.2, 0.25) is 0 Å². The minimum atomic E-state index is 0.565. The van der Waals surface area contributed by atoms with Gasteiger partial charge in [0.1, 0.15) is 6.33 Å². The van der Waals surface area contributed by atoms with Crippen LogP contribution >= 0.6 is 0 Å². The van der Waals surface area contributed by atoms with Gasteiger partial charge in [0.05, 0.1) is 23.0 Å². The van der Waals surface area contributed by atoms with Gasteiger partial charge in [-0.3, -0.25) is 0 Å². The van der Waals surface area contributed by atoms with Crippen LogP contribution in [0.4, 0.5) is 11.6 Å². The van der Waals surface area contributed by atoms with E-state index in [0.29, 0.717) is 5.95 Å². The first-order valence-corrected chi connectivity index (χ1v) is 8.94. The van der Waals surface area contributed by atoms with E-state index in [2.05, 4.69) is 25.5 Å². The largest absolute Gasteiger partial charge is 0.323 e. The fourth-order valence-corrected chi connectivity index (χ4v) is 3.42. The number of rotatable bonds is 4. The molecule has 1 N–H and O–H groups in total. The molecule has 26 heavy (non-hydrogen) atoms. The Kier molecular flexibility index (Phi) is 3.37. The van der Waals surface area contributed by atoms with Crippen molar-refractivity contribution in [2.24, 2.45) is 5.92 Å². The number of nitrogens with one attached hydrogen (secondary N) is 1. The lowest BCUT2D eigenvalue weighted by Gasteiger charge is -2.25. The Balaban J connectivity index is 1.51. The van der Waals surface area contributed by atoms with Crippen LogP contribution in [0.25, 0.3) is 16.7 Å². The van der Waals surface area contributed by atoms with E-state index in [4.69, 9.17) is 4.98 Å². The first-order chi connectivity index (χ1) is 12.7. The van der Waals surface area contributed by atoms with E-state index >= 15 is 0 Å². The molecule has 5 rings (SSSR count). The molecule has 0 atom stereocenters. The second-order valence-corrected chi connectivity index (χ2v) is 7.05. The molecule has 0 saturated heterocycles. The van der Waals surface area contributed by atoms with Crippen molar-refractivity contribution in [1.29, 1.82) is 0 Å². The number of pyridine rings is 1. The van der Waals surface area contributed by atoms with Gasteiger partial charge in [0, 0.05) is 12.7 Å². The molecule has 0 spiro atoms. The average molecular weight is 348 g/mol. The maximum atomic E-state index is 4.74. The molecule has 0 bridgehead atoms. The molecule has 1 saturated carbocycles. The van der Waals surface area contributed by atoms with Crippen LogP contribution < -0.4 is 5.32 Å². The molecule has 4 aromatic rings. The Bertz CT molecular complexity index is 1110. The maximum Gasteiger partial charge on any atom is 0.229 e. The summed E-state index contributed by atoms with van der Waals surface area (Å²) in [6, 6.07) is 1.98. The number of hydrogen-bond acceptors (Lipinski definition) is 6. The van der Waals surface area contributed by atoms with E-state index in [1.54, 1.807) is 10.8 Å². The SMILES string of the molecule is Cc1cc2ncnn2cc1Nc1ncc2c(C)nn(CC3CCC3)c2n1. The van der Waals surface area contributed by atoms with Crippen molar-refractivity contribution in [2.45, 2.75) is 39.7 Å². The Morgan fingerprint density at radius 3 is 2.92 bits per heavy atom. The average Bonchev–Trinajstić information content (AvgIpc) is 3.15. The summed E-state index contributed by atoms with van der Waals surface area (Å²) < 4.78 is 3.77. The normalized spacial score (nSPS) is 14.8. The molecule has 0 amide bonds. The number of aromatic nitrogens is 7. The van der Waals surface area contributed by atoms with Crippen LogP contribution in [-0.4, -0.2) is 34.3 Å². The number of fused-ring (bicyclic) bond motifs is 2. The van der Waals surface area contributed by atoms with Crippen molar-refractivity contribution >= 4 is 28.3 Å². The van der Waals surface area contributed by atoms with Crippen LogP contribution in [0.15, 0.2) is 24.8 Å². The summed E-state index contributed by atoms with van der Waals surface area (Å²) in [5.74, 6) is 1.29. The number of aryl methyl sites for hydroxylation is 2. The summed E-state index contributed by atoms with van der Waals surface area (Å²) in [4.78, 5) is 13.4. The molecular weight excluding hydrogens is 328 g/mol. The summed E-state index contributed by atoms with van der Waals surface area (Å²) in [6.07, 6.45) is 9.20. The highest BCUT2D eigenvalue weighted by molar-refractivity contribution is 5.78. The molecule has 8 nitrogen and oxygen atoms in total. The van der Waals surface area contributed by atoms with Gasteiger partial charge in [-0.1, -0.05) is 6.42 Å². The van der Waals surface area contributed by atoms with Crippen molar-refractivity contribution in [3.05, 3.63) is 36.0 Å². The van der Waals surface area contributed by atoms with Gasteiger partial charge in [0.2, 0.25) is 5.95 Å². The highest BCUT2D eigenvalue weighted by Crippen LogP contribution is 2.29. The van der Waals surface area contributed by atoms with Gasteiger partial charge < -0.3 is 5.32 Å². The Morgan fingerprint density at radius 2 is 2.12 bits per heavy atom. The van der Waals surface area contributed by atoms with Gasteiger partial charge in [0.15, 0.2) is 11.3 Å². The predicted molar refractivity (Wildman–Crippen MR) is 98.4 cm³/mol. The molecule has 4 heterocycles. The zero-order chi connectivity index (χ0) is 17.7. The molecule has 1 aliphatic carbocycles. The van der Waals surface area contributed by atoms with Crippen LogP contribution in [0.1, 0.15) is 30.5 Å². The van der Waals surface area contributed by atoms with Crippen molar-refractivity contribution in [2.75, 3.05) is 5.32 Å². The van der Waals surface area contributed by atoms with Crippen molar-refractivity contribution in [3.63, 3.8) is 0 Å². The Hall–Kier alpha value is -3.03. The van der Waals surface area contributed by atoms with Crippen molar-refractivity contribution in [3.8, 4) is 0 Å². The van der Waals surface area contributed by atoms with E-state index in [-0.39, 0.29) is 0 Å². The number of anilines is 2. The quantitative estimate of drug-likeness (QED) is 0.610. The molecule has 0 radical (unpaired) electrons. The lowest BCUT2D eigenvalue weighted by Crippen LogP contribution is -2.19. The highest BCUT2D eigenvalue weighted by atomic mass is 15.3.